The first-order valence-electron chi connectivity index (χ1n) is 10.1. The highest BCUT2D eigenvalue weighted by molar-refractivity contribution is 5.90. The number of para-hydroxylation sites is 1. The van der Waals surface area contributed by atoms with Gasteiger partial charge in [0.25, 0.3) is 0 Å². The molecule has 3 aromatic rings. The molecule has 4 rings (SSSR count). The Hall–Kier alpha value is -2.66. The highest BCUT2D eigenvalue weighted by Crippen LogP contribution is 2.26. The molecular formula is C23H28N4O. The molecule has 1 atom stereocenters. The fraction of sp³-hybridized carbons (Fsp3) is 0.391. The van der Waals surface area contributed by atoms with Crippen LogP contribution < -0.4 is 10.1 Å². The standard InChI is InChI=1S/C23H28N4O/c1-17-7-5-6-15-27(17)16-14-24-23-20-8-3-4-9-21(20)25-22(26-23)18-10-12-19(28-2)13-11-18/h3-4,8-13,17H,5-7,14-16H2,1-2H3,(H,24,25,26). The number of likely N-dealkylation sites (tertiary alicyclic amines) is 1. The van der Waals surface area contributed by atoms with Crippen LogP contribution in [-0.2, 0) is 0 Å². The summed E-state index contributed by atoms with van der Waals surface area (Å²) in [4.78, 5) is 12.2. The molecule has 146 valence electrons. The van der Waals surface area contributed by atoms with Gasteiger partial charge in [0, 0.05) is 30.1 Å². The summed E-state index contributed by atoms with van der Waals surface area (Å²) < 4.78 is 5.26. The van der Waals surface area contributed by atoms with Gasteiger partial charge in [-0.05, 0) is 62.7 Å². The summed E-state index contributed by atoms with van der Waals surface area (Å²) in [6.07, 6.45) is 3.97. The fourth-order valence-electron chi connectivity index (χ4n) is 3.89. The summed E-state index contributed by atoms with van der Waals surface area (Å²) in [7, 11) is 1.67. The smallest absolute Gasteiger partial charge is 0.162 e. The minimum atomic E-state index is 0.674. The molecule has 0 bridgehead atoms. The van der Waals surface area contributed by atoms with Gasteiger partial charge in [-0.1, -0.05) is 18.6 Å². The van der Waals surface area contributed by atoms with E-state index in [0.29, 0.717) is 6.04 Å². The van der Waals surface area contributed by atoms with Gasteiger partial charge in [0.2, 0.25) is 0 Å². The molecule has 5 nitrogen and oxygen atoms in total. The van der Waals surface area contributed by atoms with Crippen molar-refractivity contribution in [2.75, 3.05) is 32.1 Å². The second-order valence-electron chi connectivity index (χ2n) is 7.45. The lowest BCUT2D eigenvalue weighted by molar-refractivity contribution is 0.167. The van der Waals surface area contributed by atoms with E-state index >= 15 is 0 Å². The van der Waals surface area contributed by atoms with E-state index in [4.69, 9.17) is 14.7 Å². The third-order valence-corrected chi connectivity index (χ3v) is 5.58. The number of aromatic nitrogens is 2. The molecule has 5 heteroatoms. The first kappa shape index (κ1) is 18.7. The lowest BCUT2D eigenvalue weighted by Gasteiger charge is -2.33. The molecule has 0 saturated carbocycles. The first-order chi connectivity index (χ1) is 13.7. The van der Waals surface area contributed by atoms with E-state index in [1.807, 2.05) is 42.5 Å². The van der Waals surface area contributed by atoms with Gasteiger partial charge >= 0.3 is 0 Å². The van der Waals surface area contributed by atoms with Crippen LogP contribution in [0.25, 0.3) is 22.3 Å². The maximum Gasteiger partial charge on any atom is 0.162 e. The summed E-state index contributed by atoms with van der Waals surface area (Å²) in [5, 5.41) is 4.63. The van der Waals surface area contributed by atoms with Crippen molar-refractivity contribution in [2.24, 2.45) is 0 Å². The van der Waals surface area contributed by atoms with Crippen molar-refractivity contribution >= 4 is 16.7 Å². The van der Waals surface area contributed by atoms with Crippen molar-refractivity contribution in [3.63, 3.8) is 0 Å². The van der Waals surface area contributed by atoms with Crippen molar-refractivity contribution in [1.29, 1.82) is 0 Å². The second-order valence-corrected chi connectivity index (χ2v) is 7.45. The number of ether oxygens (including phenoxy) is 1. The van der Waals surface area contributed by atoms with Crippen LogP contribution in [0.1, 0.15) is 26.2 Å². The third kappa shape index (κ3) is 4.09. The number of fused-ring (bicyclic) bond motifs is 1. The van der Waals surface area contributed by atoms with E-state index in [2.05, 4.69) is 23.2 Å². The van der Waals surface area contributed by atoms with Crippen molar-refractivity contribution in [3.05, 3.63) is 48.5 Å². The fourth-order valence-corrected chi connectivity index (χ4v) is 3.89. The van der Waals surface area contributed by atoms with Crippen molar-refractivity contribution < 1.29 is 4.74 Å². The Kier molecular flexibility index (Phi) is 5.72. The van der Waals surface area contributed by atoms with Crippen LogP contribution in [0, 0.1) is 0 Å². The van der Waals surface area contributed by atoms with Crippen LogP contribution in [0.3, 0.4) is 0 Å². The van der Waals surface area contributed by atoms with E-state index < -0.39 is 0 Å². The molecule has 28 heavy (non-hydrogen) atoms. The highest BCUT2D eigenvalue weighted by Gasteiger charge is 2.17. The van der Waals surface area contributed by atoms with Gasteiger partial charge in [-0.15, -0.1) is 0 Å². The number of benzene rings is 2. The third-order valence-electron chi connectivity index (χ3n) is 5.58. The number of nitrogens with one attached hydrogen (secondary N) is 1. The Bertz CT molecular complexity index is 926. The van der Waals surface area contributed by atoms with Crippen molar-refractivity contribution in [3.8, 4) is 17.1 Å². The van der Waals surface area contributed by atoms with Crippen LogP contribution in [0.15, 0.2) is 48.5 Å². The van der Waals surface area contributed by atoms with E-state index in [9.17, 15) is 0 Å². The summed E-state index contributed by atoms with van der Waals surface area (Å²) >= 11 is 0. The normalized spacial score (nSPS) is 17.6. The number of nitrogens with zero attached hydrogens (tertiary/aromatic N) is 3. The molecule has 1 fully saturated rings. The Balaban J connectivity index is 1.57. The molecule has 1 aliphatic rings. The van der Waals surface area contributed by atoms with Gasteiger partial charge in [0.1, 0.15) is 11.6 Å². The Morgan fingerprint density at radius 1 is 1.07 bits per heavy atom. The van der Waals surface area contributed by atoms with Gasteiger partial charge in [0.15, 0.2) is 5.82 Å². The Morgan fingerprint density at radius 2 is 1.89 bits per heavy atom. The summed E-state index contributed by atoms with van der Waals surface area (Å²) in [5.74, 6) is 2.47. The van der Waals surface area contributed by atoms with Gasteiger partial charge in [0.05, 0.1) is 12.6 Å². The Morgan fingerprint density at radius 3 is 2.68 bits per heavy atom. The summed E-state index contributed by atoms with van der Waals surface area (Å²) in [6, 6.07) is 16.7. The Labute approximate surface area is 166 Å². The van der Waals surface area contributed by atoms with E-state index in [1.54, 1.807) is 7.11 Å². The van der Waals surface area contributed by atoms with Gasteiger partial charge < -0.3 is 10.1 Å². The molecule has 1 unspecified atom stereocenters. The average molecular weight is 377 g/mol. The van der Waals surface area contributed by atoms with Crippen LogP contribution in [0.5, 0.6) is 5.75 Å². The number of piperidine rings is 1. The monoisotopic (exact) mass is 376 g/mol. The van der Waals surface area contributed by atoms with Gasteiger partial charge in [-0.2, -0.15) is 0 Å². The zero-order valence-electron chi connectivity index (χ0n) is 16.7. The average Bonchev–Trinajstić information content (AvgIpc) is 2.75. The summed E-state index contributed by atoms with van der Waals surface area (Å²) in [5.41, 5.74) is 1.94. The highest BCUT2D eigenvalue weighted by atomic mass is 16.5. The molecule has 1 N–H and O–H groups in total. The van der Waals surface area contributed by atoms with Gasteiger partial charge in [-0.3, -0.25) is 4.90 Å². The zero-order chi connectivity index (χ0) is 19.3. The van der Waals surface area contributed by atoms with Crippen LogP contribution in [0.4, 0.5) is 5.82 Å². The van der Waals surface area contributed by atoms with Crippen LogP contribution in [0.2, 0.25) is 0 Å². The van der Waals surface area contributed by atoms with E-state index in [0.717, 1.165) is 46.9 Å². The largest absolute Gasteiger partial charge is 0.497 e. The summed E-state index contributed by atoms with van der Waals surface area (Å²) in [6.45, 7) is 5.45. The van der Waals surface area contributed by atoms with E-state index in [1.165, 1.54) is 25.8 Å². The van der Waals surface area contributed by atoms with Crippen LogP contribution in [-0.4, -0.2) is 47.7 Å². The molecule has 0 spiro atoms. The van der Waals surface area contributed by atoms with Gasteiger partial charge in [-0.25, -0.2) is 9.97 Å². The number of methoxy groups -OCH3 is 1. The molecular weight excluding hydrogens is 348 g/mol. The van der Waals surface area contributed by atoms with Crippen molar-refractivity contribution in [2.45, 2.75) is 32.2 Å². The lowest BCUT2D eigenvalue weighted by Crippen LogP contribution is -2.40. The minimum absolute atomic E-state index is 0.674. The number of anilines is 1. The minimum Gasteiger partial charge on any atom is -0.497 e. The topological polar surface area (TPSA) is 50.3 Å². The predicted molar refractivity (Wildman–Crippen MR) is 115 cm³/mol. The number of rotatable bonds is 6. The second kappa shape index (κ2) is 8.57. The van der Waals surface area contributed by atoms with Crippen molar-refractivity contribution in [1.82, 2.24) is 14.9 Å². The molecule has 1 aliphatic heterocycles. The maximum absolute atomic E-state index is 5.26. The molecule has 0 amide bonds. The molecule has 0 aliphatic carbocycles. The molecule has 1 aromatic heterocycles. The SMILES string of the molecule is COc1ccc(-c2nc(NCCN3CCCCC3C)c3ccccc3n2)cc1. The molecule has 2 heterocycles. The maximum atomic E-state index is 5.26. The lowest BCUT2D eigenvalue weighted by atomic mass is 10.0. The van der Waals surface area contributed by atoms with Crippen LogP contribution >= 0.6 is 0 Å². The first-order valence-corrected chi connectivity index (χ1v) is 10.1. The number of hydrogen-bond donors (Lipinski definition) is 1. The molecule has 2 aromatic carbocycles. The molecule has 0 radical (unpaired) electrons. The number of hydrogen-bond acceptors (Lipinski definition) is 5. The molecule has 1 saturated heterocycles. The quantitative estimate of drug-likeness (QED) is 0.682. The zero-order valence-corrected chi connectivity index (χ0v) is 16.7. The van der Waals surface area contributed by atoms with E-state index in [-0.39, 0.29) is 0 Å². The predicted octanol–water partition coefficient (Wildman–Crippen LogP) is 4.59.